The minimum atomic E-state index is -0.387. The van der Waals surface area contributed by atoms with Crippen molar-refractivity contribution in [2.75, 3.05) is 5.32 Å². The van der Waals surface area contributed by atoms with Gasteiger partial charge in [0, 0.05) is 6.04 Å². The van der Waals surface area contributed by atoms with Gasteiger partial charge in [-0.2, -0.15) is 5.26 Å². The van der Waals surface area contributed by atoms with Crippen LogP contribution in [0.25, 0.3) is 0 Å². The summed E-state index contributed by atoms with van der Waals surface area (Å²) in [6, 6.07) is 12.9. The van der Waals surface area contributed by atoms with Crippen molar-refractivity contribution in [1.29, 1.82) is 5.26 Å². The summed E-state index contributed by atoms with van der Waals surface area (Å²) in [5, 5.41) is 12.4. The largest absolute Gasteiger partial charge is 0.377 e. The van der Waals surface area contributed by atoms with Crippen molar-refractivity contribution in [3.63, 3.8) is 0 Å². The Hall–Kier alpha value is -2.34. The number of aryl methyl sites for hydroxylation is 2. The van der Waals surface area contributed by atoms with Gasteiger partial charge in [0.1, 0.15) is 11.9 Å². The standard InChI is InChI=1S/C18H17FN2/c1-12(14-6-5-13-3-2-4-15(13)9-14)21-18-8-7-17(19)10-16(18)11-20/h5-10,12,21H,2-4H2,1H3. The van der Waals surface area contributed by atoms with Gasteiger partial charge in [0.05, 0.1) is 11.3 Å². The number of nitrogens with one attached hydrogen (secondary N) is 1. The Labute approximate surface area is 124 Å². The summed E-state index contributed by atoms with van der Waals surface area (Å²) in [7, 11) is 0. The van der Waals surface area contributed by atoms with Crippen LogP contribution in [-0.4, -0.2) is 0 Å². The number of nitrogens with zero attached hydrogens (tertiary/aromatic N) is 1. The van der Waals surface area contributed by atoms with Crippen LogP contribution in [0, 0.1) is 17.1 Å². The van der Waals surface area contributed by atoms with Gasteiger partial charge < -0.3 is 5.32 Å². The molecule has 2 aromatic carbocycles. The van der Waals surface area contributed by atoms with E-state index < -0.39 is 0 Å². The molecule has 0 spiro atoms. The van der Waals surface area contributed by atoms with Crippen LogP contribution >= 0.6 is 0 Å². The smallest absolute Gasteiger partial charge is 0.124 e. The molecule has 1 aliphatic rings. The molecule has 0 heterocycles. The SMILES string of the molecule is CC(Nc1ccc(F)cc1C#N)c1ccc2c(c1)CCC2. The van der Waals surface area contributed by atoms with E-state index in [1.807, 2.05) is 6.07 Å². The summed E-state index contributed by atoms with van der Waals surface area (Å²) in [5.74, 6) is -0.387. The number of halogens is 1. The van der Waals surface area contributed by atoms with Gasteiger partial charge in [-0.1, -0.05) is 18.2 Å². The topological polar surface area (TPSA) is 35.8 Å². The number of nitriles is 1. The normalized spacial score (nSPS) is 14.3. The van der Waals surface area contributed by atoms with Crippen LogP contribution in [0.2, 0.25) is 0 Å². The van der Waals surface area contributed by atoms with E-state index in [1.165, 1.54) is 41.7 Å². The number of hydrogen-bond acceptors (Lipinski definition) is 2. The molecule has 1 N–H and O–H groups in total. The highest BCUT2D eigenvalue weighted by atomic mass is 19.1. The molecule has 2 aromatic rings. The third kappa shape index (κ3) is 2.75. The van der Waals surface area contributed by atoms with Gasteiger partial charge in [0.25, 0.3) is 0 Å². The zero-order valence-corrected chi connectivity index (χ0v) is 12.0. The Morgan fingerprint density at radius 2 is 1.95 bits per heavy atom. The van der Waals surface area contributed by atoms with E-state index >= 15 is 0 Å². The van der Waals surface area contributed by atoms with Gasteiger partial charge in [0.15, 0.2) is 0 Å². The maximum atomic E-state index is 13.2. The molecule has 21 heavy (non-hydrogen) atoms. The Balaban J connectivity index is 1.84. The second kappa shape index (κ2) is 5.57. The molecule has 1 atom stereocenters. The van der Waals surface area contributed by atoms with Gasteiger partial charge in [-0.05, 0) is 61.1 Å². The van der Waals surface area contributed by atoms with Gasteiger partial charge in [-0.25, -0.2) is 4.39 Å². The van der Waals surface area contributed by atoms with Crippen LogP contribution in [0.15, 0.2) is 36.4 Å². The van der Waals surface area contributed by atoms with Crippen molar-refractivity contribution >= 4 is 5.69 Å². The summed E-state index contributed by atoms with van der Waals surface area (Å²) in [6.07, 6.45) is 3.56. The monoisotopic (exact) mass is 280 g/mol. The number of hydrogen-bond donors (Lipinski definition) is 1. The summed E-state index contributed by atoms with van der Waals surface area (Å²) in [6.45, 7) is 2.06. The van der Waals surface area contributed by atoms with E-state index in [-0.39, 0.29) is 11.9 Å². The van der Waals surface area contributed by atoms with Gasteiger partial charge in [-0.15, -0.1) is 0 Å². The molecule has 0 fully saturated rings. The highest BCUT2D eigenvalue weighted by Gasteiger charge is 2.14. The van der Waals surface area contributed by atoms with Crippen LogP contribution in [0.5, 0.6) is 0 Å². The Morgan fingerprint density at radius 1 is 1.14 bits per heavy atom. The van der Waals surface area contributed by atoms with E-state index in [0.29, 0.717) is 11.3 Å². The molecule has 3 heteroatoms. The minimum absolute atomic E-state index is 0.0773. The highest BCUT2D eigenvalue weighted by molar-refractivity contribution is 5.58. The minimum Gasteiger partial charge on any atom is -0.377 e. The Kier molecular flexibility index (Phi) is 3.62. The maximum absolute atomic E-state index is 13.2. The van der Waals surface area contributed by atoms with Crippen molar-refractivity contribution < 1.29 is 4.39 Å². The number of anilines is 1. The lowest BCUT2D eigenvalue weighted by atomic mass is 10.0. The second-order valence-electron chi connectivity index (χ2n) is 5.55. The first-order chi connectivity index (χ1) is 10.2. The summed E-state index contributed by atoms with van der Waals surface area (Å²) < 4.78 is 13.2. The molecule has 0 bridgehead atoms. The third-order valence-electron chi connectivity index (χ3n) is 4.10. The molecule has 0 amide bonds. The van der Waals surface area contributed by atoms with Gasteiger partial charge in [0.2, 0.25) is 0 Å². The first-order valence-electron chi connectivity index (χ1n) is 7.25. The van der Waals surface area contributed by atoms with Crippen molar-refractivity contribution in [2.45, 2.75) is 32.2 Å². The molecule has 2 nitrogen and oxygen atoms in total. The quantitative estimate of drug-likeness (QED) is 0.906. The van der Waals surface area contributed by atoms with Crippen molar-refractivity contribution in [3.8, 4) is 6.07 Å². The Morgan fingerprint density at radius 3 is 2.76 bits per heavy atom. The fourth-order valence-corrected chi connectivity index (χ4v) is 2.91. The van der Waals surface area contributed by atoms with E-state index in [9.17, 15) is 4.39 Å². The van der Waals surface area contributed by atoms with E-state index in [4.69, 9.17) is 5.26 Å². The van der Waals surface area contributed by atoms with Crippen molar-refractivity contribution in [1.82, 2.24) is 0 Å². The number of benzene rings is 2. The van der Waals surface area contributed by atoms with Crippen LogP contribution in [0.3, 0.4) is 0 Å². The average Bonchev–Trinajstić information content (AvgIpc) is 2.96. The predicted molar refractivity (Wildman–Crippen MR) is 81.6 cm³/mol. The number of rotatable bonds is 3. The zero-order valence-electron chi connectivity index (χ0n) is 12.0. The van der Waals surface area contributed by atoms with Gasteiger partial charge >= 0.3 is 0 Å². The molecule has 3 rings (SSSR count). The molecule has 0 radical (unpaired) electrons. The van der Waals surface area contributed by atoms with Crippen LogP contribution < -0.4 is 5.32 Å². The fourth-order valence-electron chi connectivity index (χ4n) is 2.91. The van der Waals surface area contributed by atoms with Crippen molar-refractivity contribution in [2.24, 2.45) is 0 Å². The Bertz CT molecular complexity index is 716. The van der Waals surface area contributed by atoms with E-state index in [2.05, 4.69) is 30.4 Å². The van der Waals surface area contributed by atoms with Crippen LogP contribution in [0.1, 0.15) is 41.6 Å². The summed E-state index contributed by atoms with van der Waals surface area (Å²) in [4.78, 5) is 0. The summed E-state index contributed by atoms with van der Waals surface area (Å²) in [5.41, 5.74) is 5.09. The molecule has 1 unspecified atom stereocenters. The average molecular weight is 280 g/mol. The predicted octanol–water partition coefficient (Wildman–Crippen LogP) is 4.36. The molecular weight excluding hydrogens is 263 g/mol. The van der Waals surface area contributed by atoms with E-state index in [1.54, 1.807) is 6.07 Å². The van der Waals surface area contributed by atoms with Crippen LogP contribution in [-0.2, 0) is 12.8 Å². The molecule has 0 aliphatic heterocycles. The first-order valence-corrected chi connectivity index (χ1v) is 7.25. The zero-order chi connectivity index (χ0) is 14.8. The lowest BCUT2D eigenvalue weighted by molar-refractivity contribution is 0.627. The number of fused-ring (bicyclic) bond motifs is 1. The molecule has 0 saturated carbocycles. The molecule has 0 aromatic heterocycles. The maximum Gasteiger partial charge on any atom is 0.124 e. The van der Waals surface area contributed by atoms with E-state index in [0.717, 1.165) is 6.42 Å². The third-order valence-corrected chi connectivity index (χ3v) is 4.10. The summed E-state index contributed by atoms with van der Waals surface area (Å²) >= 11 is 0. The second-order valence-corrected chi connectivity index (χ2v) is 5.55. The fraction of sp³-hybridized carbons (Fsp3) is 0.278. The van der Waals surface area contributed by atoms with Crippen molar-refractivity contribution in [3.05, 3.63) is 64.5 Å². The lowest BCUT2D eigenvalue weighted by Gasteiger charge is -2.17. The molecule has 1 aliphatic carbocycles. The molecule has 0 saturated heterocycles. The molecular formula is C18H17FN2. The highest BCUT2D eigenvalue weighted by Crippen LogP contribution is 2.28. The first kappa shape index (κ1) is 13.6. The lowest BCUT2D eigenvalue weighted by Crippen LogP contribution is -2.08. The van der Waals surface area contributed by atoms with Crippen LogP contribution in [0.4, 0.5) is 10.1 Å². The molecule has 106 valence electrons. The van der Waals surface area contributed by atoms with Gasteiger partial charge in [-0.3, -0.25) is 0 Å².